The number of pyridine rings is 1. The number of aromatic nitrogens is 1. The Kier molecular flexibility index (Phi) is 4.62. The molecule has 0 bridgehead atoms. The molecule has 1 unspecified atom stereocenters. The Morgan fingerprint density at radius 2 is 1.91 bits per heavy atom. The van der Waals surface area contributed by atoms with Gasteiger partial charge in [-0.3, -0.25) is 4.79 Å². The third-order valence-electron chi connectivity index (χ3n) is 2.95. The van der Waals surface area contributed by atoms with E-state index in [-0.39, 0.29) is 11.3 Å². The van der Waals surface area contributed by atoms with Crippen LogP contribution in [-0.2, 0) is 0 Å². The van der Waals surface area contributed by atoms with Gasteiger partial charge in [0.15, 0.2) is 23.6 Å². The van der Waals surface area contributed by atoms with Crippen molar-refractivity contribution in [1.29, 1.82) is 0 Å². The predicted octanol–water partition coefficient (Wildman–Crippen LogP) is 1.20. The standard InChI is InChI=1S/C14H11F3N2O3/c15-9-5-8(6-10(16)13(9)17)11(7-20)18-14(21)12-3-1-2-4-19(12)22/h1-6,11,20H,7H2,(H,18,21). The van der Waals surface area contributed by atoms with Crippen LogP contribution in [0, 0.1) is 22.7 Å². The van der Waals surface area contributed by atoms with Crippen molar-refractivity contribution in [2.24, 2.45) is 0 Å². The minimum atomic E-state index is -1.65. The van der Waals surface area contributed by atoms with Gasteiger partial charge in [0.1, 0.15) is 0 Å². The van der Waals surface area contributed by atoms with Gasteiger partial charge in [0.25, 0.3) is 5.69 Å². The Labute approximate surface area is 123 Å². The zero-order chi connectivity index (χ0) is 16.3. The highest BCUT2D eigenvalue weighted by Crippen LogP contribution is 2.19. The van der Waals surface area contributed by atoms with Crippen molar-refractivity contribution in [1.82, 2.24) is 5.32 Å². The molecule has 0 saturated carbocycles. The van der Waals surface area contributed by atoms with E-state index in [0.29, 0.717) is 16.9 Å². The molecule has 2 aromatic rings. The molecule has 0 spiro atoms. The number of nitrogens with one attached hydrogen (secondary N) is 1. The molecule has 2 rings (SSSR count). The van der Waals surface area contributed by atoms with E-state index in [1.54, 1.807) is 0 Å². The van der Waals surface area contributed by atoms with Crippen LogP contribution >= 0.6 is 0 Å². The summed E-state index contributed by atoms with van der Waals surface area (Å²) >= 11 is 0. The van der Waals surface area contributed by atoms with Crippen LogP contribution in [0.1, 0.15) is 22.1 Å². The Bertz CT molecular complexity index is 686. The lowest BCUT2D eigenvalue weighted by molar-refractivity contribution is -0.607. The minimum absolute atomic E-state index is 0.166. The molecule has 0 aliphatic rings. The quantitative estimate of drug-likeness (QED) is 0.506. The second kappa shape index (κ2) is 6.44. The molecule has 1 aromatic heterocycles. The first-order valence-electron chi connectivity index (χ1n) is 6.18. The molecule has 2 N–H and O–H groups in total. The molecule has 22 heavy (non-hydrogen) atoms. The van der Waals surface area contributed by atoms with Crippen molar-refractivity contribution in [2.45, 2.75) is 6.04 Å². The number of carbonyl (C=O) groups is 1. The van der Waals surface area contributed by atoms with Crippen LogP contribution in [0.3, 0.4) is 0 Å². The number of rotatable bonds is 4. The topological polar surface area (TPSA) is 76.3 Å². The molecule has 0 fully saturated rings. The van der Waals surface area contributed by atoms with Gasteiger partial charge in [-0.25, -0.2) is 13.2 Å². The van der Waals surface area contributed by atoms with Gasteiger partial charge in [0.05, 0.1) is 12.6 Å². The molecular weight excluding hydrogens is 301 g/mol. The molecule has 1 aromatic carbocycles. The van der Waals surface area contributed by atoms with E-state index in [0.717, 1.165) is 6.20 Å². The summed E-state index contributed by atoms with van der Waals surface area (Å²) in [5.41, 5.74) is -0.426. The number of nitrogens with zero attached hydrogens (tertiary/aromatic N) is 1. The zero-order valence-electron chi connectivity index (χ0n) is 11.1. The molecular formula is C14H11F3N2O3. The monoisotopic (exact) mass is 312 g/mol. The number of hydrogen-bond donors (Lipinski definition) is 2. The second-order valence-electron chi connectivity index (χ2n) is 4.42. The summed E-state index contributed by atoms with van der Waals surface area (Å²) in [6.07, 6.45) is 1.10. The summed E-state index contributed by atoms with van der Waals surface area (Å²) in [5.74, 6) is -5.38. The van der Waals surface area contributed by atoms with Crippen LogP contribution in [0.15, 0.2) is 36.5 Å². The highest BCUT2D eigenvalue weighted by Gasteiger charge is 2.22. The van der Waals surface area contributed by atoms with E-state index in [1.807, 2.05) is 0 Å². The molecule has 0 aliphatic heterocycles. The molecule has 8 heteroatoms. The van der Waals surface area contributed by atoms with E-state index in [2.05, 4.69) is 5.32 Å². The first-order chi connectivity index (χ1) is 10.4. The summed E-state index contributed by atoms with van der Waals surface area (Å²) in [4.78, 5) is 11.9. The summed E-state index contributed by atoms with van der Waals surface area (Å²) in [7, 11) is 0. The van der Waals surface area contributed by atoms with Gasteiger partial charge in [-0.05, 0) is 23.8 Å². The fourth-order valence-electron chi connectivity index (χ4n) is 1.85. The van der Waals surface area contributed by atoms with E-state index >= 15 is 0 Å². The predicted molar refractivity (Wildman–Crippen MR) is 69.0 cm³/mol. The van der Waals surface area contributed by atoms with Crippen LogP contribution < -0.4 is 10.0 Å². The summed E-state index contributed by atoms with van der Waals surface area (Å²) in [5, 5.41) is 22.9. The SMILES string of the molecule is O=C(NC(CO)c1cc(F)c(F)c(F)c1)c1cccc[n+]1[O-]. The number of halogens is 3. The van der Waals surface area contributed by atoms with E-state index in [1.165, 1.54) is 18.2 Å². The average Bonchev–Trinajstić information content (AvgIpc) is 2.50. The van der Waals surface area contributed by atoms with Gasteiger partial charge in [-0.2, -0.15) is 4.73 Å². The number of benzene rings is 1. The second-order valence-corrected chi connectivity index (χ2v) is 4.42. The zero-order valence-corrected chi connectivity index (χ0v) is 11.1. The van der Waals surface area contributed by atoms with Crippen LogP contribution in [0.5, 0.6) is 0 Å². The molecule has 116 valence electrons. The first-order valence-corrected chi connectivity index (χ1v) is 6.18. The normalized spacial score (nSPS) is 12.0. The number of aliphatic hydroxyl groups excluding tert-OH is 1. The third-order valence-corrected chi connectivity index (χ3v) is 2.95. The maximum Gasteiger partial charge on any atom is 0.317 e. The molecule has 1 heterocycles. The van der Waals surface area contributed by atoms with Crippen LogP contribution in [-0.4, -0.2) is 17.6 Å². The van der Waals surface area contributed by atoms with Gasteiger partial charge >= 0.3 is 5.91 Å². The highest BCUT2D eigenvalue weighted by atomic mass is 19.2. The maximum absolute atomic E-state index is 13.2. The van der Waals surface area contributed by atoms with E-state index < -0.39 is 36.0 Å². The summed E-state index contributed by atoms with van der Waals surface area (Å²) in [6, 6.07) is 4.23. The highest BCUT2D eigenvalue weighted by molar-refractivity contribution is 5.91. The van der Waals surface area contributed by atoms with Crippen molar-refractivity contribution in [3.05, 3.63) is 70.4 Å². The van der Waals surface area contributed by atoms with Crippen LogP contribution in [0.4, 0.5) is 13.2 Å². The van der Waals surface area contributed by atoms with Gasteiger partial charge < -0.3 is 15.6 Å². The largest absolute Gasteiger partial charge is 0.618 e. The van der Waals surface area contributed by atoms with Gasteiger partial charge in [0.2, 0.25) is 0 Å². The van der Waals surface area contributed by atoms with E-state index in [4.69, 9.17) is 0 Å². The lowest BCUT2D eigenvalue weighted by Gasteiger charge is -2.16. The molecule has 5 nitrogen and oxygen atoms in total. The van der Waals surface area contributed by atoms with Crippen molar-refractivity contribution < 1.29 is 27.8 Å². The minimum Gasteiger partial charge on any atom is -0.618 e. The van der Waals surface area contributed by atoms with Crippen molar-refractivity contribution >= 4 is 5.91 Å². The number of amides is 1. The lowest BCUT2D eigenvalue weighted by atomic mass is 10.1. The van der Waals surface area contributed by atoms with Gasteiger partial charge in [0, 0.05) is 12.1 Å². The first kappa shape index (κ1) is 15.8. The molecule has 0 radical (unpaired) electrons. The van der Waals surface area contributed by atoms with Crippen molar-refractivity contribution in [2.75, 3.05) is 6.61 Å². The summed E-state index contributed by atoms with van der Waals surface area (Å²) in [6.45, 7) is -0.693. The average molecular weight is 312 g/mol. The molecule has 1 atom stereocenters. The van der Waals surface area contributed by atoms with Gasteiger partial charge in [-0.15, -0.1) is 0 Å². The van der Waals surface area contributed by atoms with Gasteiger partial charge in [-0.1, -0.05) is 0 Å². The molecule has 0 aliphatic carbocycles. The molecule has 0 saturated heterocycles. The maximum atomic E-state index is 13.2. The summed E-state index contributed by atoms with van der Waals surface area (Å²) < 4.78 is 39.6. The van der Waals surface area contributed by atoms with E-state index in [9.17, 15) is 28.3 Å². The number of carbonyl (C=O) groups excluding carboxylic acids is 1. The van der Waals surface area contributed by atoms with Crippen LogP contribution in [0.25, 0.3) is 0 Å². The fraction of sp³-hybridized carbons (Fsp3) is 0.143. The Balaban J connectivity index is 2.26. The van der Waals surface area contributed by atoms with Crippen molar-refractivity contribution in [3.8, 4) is 0 Å². The third kappa shape index (κ3) is 3.17. The Morgan fingerprint density at radius 3 is 2.45 bits per heavy atom. The number of aliphatic hydroxyl groups is 1. The number of hydrogen-bond acceptors (Lipinski definition) is 3. The molecule has 1 amide bonds. The Morgan fingerprint density at radius 1 is 1.27 bits per heavy atom. The van der Waals surface area contributed by atoms with Crippen LogP contribution in [0.2, 0.25) is 0 Å². The van der Waals surface area contributed by atoms with Crippen molar-refractivity contribution in [3.63, 3.8) is 0 Å². The Hall–Kier alpha value is -2.61. The lowest BCUT2D eigenvalue weighted by Crippen LogP contribution is -2.41. The fourth-order valence-corrected chi connectivity index (χ4v) is 1.85. The smallest absolute Gasteiger partial charge is 0.317 e.